The molecule has 2 atom stereocenters. The minimum absolute atomic E-state index is 0.0153. The maximum absolute atomic E-state index is 13.2. The monoisotopic (exact) mass is 382 g/mol. The molecule has 0 heterocycles. The van der Waals surface area contributed by atoms with Gasteiger partial charge < -0.3 is 20.1 Å². The van der Waals surface area contributed by atoms with Gasteiger partial charge in [0.2, 0.25) is 0 Å². The lowest BCUT2D eigenvalue weighted by Gasteiger charge is -2.30. The number of rotatable bonds is 4. The van der Waals surface area contributed by atoms with Crippen LogP contribution in [0.25, 0.3) is 10.8 Å². The second-order valence-electron chi connectivity index (χ2n) is 6.94. The Kier molecular flexibility index (Phi) is 4.58. The summed E-state index contributed by atoms with van der Waals surface area (Å²) in [6.07, 6.45) is -2.37. The largest absolute Gasteiger partial charge is 0.507 e. The number of benzene rings is 2. The third kappa shape index (κ3) is 2.75. The number of aromatic hydroxyl groups is 1. The Labute approximate surface area is 159 Å². The van der Waals surface area contributed by atoms with Crippen LogP contribution >= 0.6 is 0 Å². The van der Waals surface area contributed by atoms with Crippen molar-refractivity contribution in [2.24, 2.45) is 0 Å². The van der Waals surface area contributed by atoms with Crippen molar-refractivity contribution < 1.29 is 34.4 Å². The highest BCUT2D eigenvalue weighted by Gasteiger charge is 2.43. The standard InChI is InChI=1S/C21H18O7/c22-8-11(23)9-28-21-15(24)6-5-13-17(21)20(27)14-7-10-3-1-2-4-12(10)18(25)16(14)19(13)26/h1-4,7,11,21-23,25H,5-6,8-9H2. The maximum atomic E-state index is 13.2. The molecule has 2 aliphatic rings. The molecule has 0 bridgehead atoms. The van der Waals surface area contributed by atoms with E-state index in [1.54, 1.807) is 24.3 Å². The molecule has 0 spiro atoms. The number of phenols is 1. The molecule has 4 rings (SSSR count). The van der Waals surface area contributed by atoms with Gasteiger partial charge in [0.15, 0.2) is 17.3 Å². The minimum atomic E-state index is -1.27. The number of phenolic OH excluding ortho intramolecular Hbond substituents is 1. The van der Waals surface area contributed by atoms with E-state index in [1.165, 1.54) is 6.07 Å². The average Bonchev–Trinajstić information content (AvgIpc) is 2.70. The fourth-order valence-electron chi connectivity index (χ4n) is 3.79. The third-order valence-electron chi connectivity index (χ3n) is 5.18. The lowest BCUT2D eigenvalue weighted by Crippen LogP contribution is -2.40. The van der Waals surface area contributed by atoms with Gasteiger partial charge in [-0.05, 0) is 17.9 Å². The van der Waals surface area contributed by atoms with Crippen molar-refractivity contribution in [1.29, 1.82) is 0 Å². The highest BCUT2D eigenvalue weighted by atomic mass is 16.5. The van der Waals surface area contributed by atoms with Gasteiger partial charge in [-0.3, -0.25) is 14.4 Å². The average molecular weight is 382 g/mol. The van der Waals surface area contributed by atoms with Crippen molar-refractivity contribution in [3.05, 3.63) is 52.6 Å². The zero-order chi connectivity index (χ0) is 20.0. The minimum Gasteiger partial charge on any atom is -0.507 e. The lowest BCUT2D eigenvalue weighted by molar-refractivity contribution is -0.131. The molecule has 2 unspecified atom stereocenters. The number of ketones is 3. The van der Waals surface area contributed by atoms with E-state index in [4.69, 9.17) is 9.84 Å². The quantitative estimate of drug-likeness (QED) is 0.729. The highest BCUT2D eigenvalue weighted by Crippen LogP contribution is 2.41. The lowest BCUT2D eigenvalue weighted by atomic mass is 9.74. The Hall–Kier alpha value is -2.87. The number of allylic oxidation sites excluding steroid dienone is 1. The topological polar surface area (TPSA) is 121 Å². The van der Waals surface area contributed by atoms with Crippen LogP contribution in [0, 0.1) is 0 Å². The number of aliphatic hydroxyl groups excluding tert-OH is 2. The summed E-state index contributed by atoms with van der Waals surface area (Å²) in [7, 11) is 0. The Bertz CT molecular complexity index is 1050. The number of ether oxygens (including phenoxy) is 1. The van der Waals surface area contributed by atoms with E-state index in [1.807, 2.05) is 0 Å². The van der Waals surface area contributed by atoms with Crippen LogP contribution in [-0.4, -0.2) is 58.1 Å². The first-order valence-corrected chi connectivity index (χ1v) is 8.94. The normalized spacial score (nSPS) is 20.4. The summed E-state index contributed by atoms with van der Waals surface area (Å²) < 4.78 is 5.42. The first kappa shape index (κ1) is 18.5. The van der Waals surface area contributed by atoms with Crippen molar-refractivity contribution in [2.75, 3.05) is 13.2 Å². The summed E-state index contributed by atoms with van der Waals surface area (Å²) in [5, 5.41) is 30.2. The molecule has 0 saturated carbocycles. The van der Waals surface area contributed by atoms with Crippen LogP contribution < -0.4 is 0 Å². The summed E-state index contributed by atoms with van der Waals surface area (Å²) in [5.74, 6) is -1.64. The second-order valence-corrected chi connectivity index (χ2v) is 6.94. The smallest absolute Gasteiger partial charge is 0.194 e. The summed E-state index contributed by atoms with van der Waals surface area (Å²) in [6.45, 7) is -0.899. The zero-order valence-electron chi connectivity index (χ0n) is 14.8. The highest BCUT2D eigenvalue weighted by molar-refractivity contribution is 6.31. The van der Waals surface area contributed by atoms with Crippen LogP contribution in [0.5, 0.6) is 5.75 Å². The first-order chi connectivity index (χ1) is 13.4. The van der Waals surface area contributed by atoms with E-state index in [0.717, 1.165) is 0 Å². The molecule has 0 saturated heterocycles. The second kappa shape index (κ2) is 6.94. The van der Waals surface area contributed by atoms with Crippen LogP contribution in [0.4, 0.5) is 0 Å². The van der Waals surface area contributed by atoms with Crippen molar-refractivity contribution in [3.8, 4) is 5.75 Å². The van der Waals surface area contributed by atoms with Gasteiger partial charge in [0.25, 0.3) is 0 Å². The number of aliphatic hydroxyl groups is 2. The number of Topliss-reactive ketones (excluding diaryl/α,β-unsaturated/α-hetero) is 3. The van der Waals surface area contributed by atoms with Crippen LogP contribution in [-0.2, 0) is 9.53 Å². The Balaban J connectivity index is 1.84. The van der Waals surface area contributed by atoms with E-state index >= 15 is 0 Å². The predicted octanol–water partition coefficient (Wildman–Crippen LogP) is 1.32. The van der Waals surface area contributed by atoms with E-state index in [2.05, 4.69) is 0 Å². The van der Waals surface area contributed by atoms with Gasteiger partial charge in [-0.25, -0.2) is 0 Å². The molecule has 0 fully saturated rings. The molecule has 144 valence electrons. The van der Waals surface area contributed by atoms with Gasteiger partial charge in [0.1, 0.15) is 18.0 Å². The van der Waals surface area contributed by atoms with Gasteiger partial charge >= 0.3 is 0 Å². The van der Waals surface area contributed by atoms with Gasteiger partial charge in [-0.2, -0.15) is 0 Å². The van der Waals surface area contributed by atoms with Crippen molar-refractivity contribution in [3.63, 3.8) is 0 Å². The fourth-order valence-corrected chi connectivity index (χ4v) is 3.79. The van der Waals surface area contributed by atoms with Crippen molar-refractivity contribution in [2.45, 2.75) is 25.0 Å². The van der Waals surface area contributed by atoms with Crippen molar-refractivity contribution in [1.82, 2.24) is 0 Å². The Morgan fingerprint density at radius 2 is 1.86 bits per heavy atom. The van der Waals surface area contributed by atoms with E-state index in [0.29, 0.717) is 10.8 Å². The number of carbonyl (C=O) groups excluding carboxylic acids is 3. The van der Waals surface area contributed by atoms with Crippen LogP contribution in [0.15, 0.2) is 41.5 Å². The molecule has 3 N–H and O–H groups in total. The molecule has 7 heteroatoms. The molecular weight excluding hydrogens is 364 g/mol. The van der Waals surface area contributed by atoms with Crippen LogP contribution in [0.1, 0.15) is 33.6 Å². The molecule has 28 heavy (non-hydrogen) atoms. The van der Waals surface area contributed by atoms with Gasteiger partial charge in [0, 0.05) is 28.5 Å². The van der Waals surface area contributed by atoms with Crippen LogP contribution in [0.2, 0.25) is 0 Å². The van der Waals surface area contributed by atoms with Gasteiger partial charge in [-0.1, -0.05) is 24.3 Å². The summed E-state index contributed by atoms with van der Waals surface area (Å²) in [6, 6.07) is 8.39. The SMILES string of the molecule is O=C1C2=C(CCC(=O)C2OCC(O)CO)C(=O)c2c1cc1ccccc1c2O. The van der Waals surface area contributed by atoms with E-state index < -0.39 is 30.4 Å². The molecule has 2 aliphatic carbocycles. The molecule has 0 amide bonds. The Morgan fingerprint density at radius 3 is 2.61 bits per heavy atom. The third-order valence-corrected chi connectivity index (χ3v) is 5.18. The molecule has 0 aromatic heterocycles. The van der Waals surface area contributed by atoms with E-state index in [9.17, 15) is 24.6 Å². The Morgan fingerprint density at radius 1 is 1.11 bits per heavy atom. The number of carbonyl (C=O) groups is 3. The molecule has 0 radical (unpaired) electrons. The van der Waals surface area contributed by atoms with E-state index in [-0.39, 0.29) is 53.3 Å². The summed E-state index contributed by atoms with van der Waals surface area (Å²) >= 11 is 0. The molecule has 7 nitrogen and oxygen atoms in total. The summed E-state index contributed by atoms with van der Waals surface area (Å²) in [5.41, 5.74) is 0.108. The zero-order valence-corrected chi connectivity index (χ0v) is 14.8. The predicted molar refractivity (Wildman–Crippen MR) is 98.4 cm³/mol. The fraction of sp³-hybridized carbons (Fsp3) is 0.286. The first-order valence-electron chi connectivity index (χ1n) is 8.94. The molecule has 0 aliphatic heterocycles. The van der Waals surface area contributed by atoms with Gasteiger partial charge in [-0.15, -0.1) is 0 Å². The van der Waals surface area contributed by atoms with Crippen LogP contribution in [0.3, 0.4) is 0 Å². The summed E-state index contributed by atoms with van der Waals surface area (Å²) in [4.78, 5) is 38.7. The van der Waals surface area contributed by atoms with Gasteiger partial charge in [0.05, 0.1) is 18.8 Å². The maximum Gasteiger partial charge on any atom is 0.194 e. The molecular formula is C21H18O7. The number of hydrogen-bond donors (Lipinski definition) is 3. The molecule has 2 aromatic rings. The van der Waals surface area contributed by atoms with Crippen molar-refractivity contribution >= 4 is 28.1 Å². The molecule has 2 aromatic carbocycles. The number of hydrogen-bond acceptors (Lipinski definition) is 7. The number of fused-ring (bicyclic) bond motifs is 2.